The third-order valence-corrected chi connectivity index (χ3v) is 3.35. The zero-order chi connectivity index (χ0) is 11.3. The van der Waals surface area contributed by atoms with Crippen molar-refractivity contribution < 1.29 is 4.79 Å². The van der Waals surface area contributed by atoms with E-state index in [4.69, 9.17) is 0 Å². The van der Waals surface area contributed by atoms with Crippen molar-refractivity contribution in [1.29, 1.82) is 0 Å². The topological polar surface area (TPSA) is 42.0 Å². The fourth-order valence-corrected chi connectivity index (χ4v) is 1.58. The van der Waals surface area contributed by atoms with Gasteiger partial charge in [-0.05, 0) is 34.3 Å². The number of carbonyl (C=O) groups excluding carboxylic acids is 1. The molecule has 0 fully saturated rings. The Morgan fingerprint density at radius 3 is 3.07 bits per heavy atom. The number of amides is 1. The molecule has 1 aromatic rings. The van der Waals surface area contributed by atoms with Crippen LogP contribution >= 0.6 is 27.7 Å². The average Bonchev–Trinajstić information content (AvgIpc) is 2.25. The second-order valence-electron chi connectivity index (χ2n) is 3.12. The van der Waals surface area contributed by atoms with E-state index in [9.17, 15) is 4.79 Å². The van der Waals surface area contributed by atoms with Gasteiger partial charge in [-0.15, -0.1) is 0 Å². The summed E-state index contributed by atoms with van der Waals surface area (Å²) in [5.74, 6) is -0.0565. The summed E-state index contributed by atoms with van der Waals surface area (Å²) in [6.45, 7) is 2.76. The molecule has 0 bridgehead atoms. The number of nitrogens with zero attached hydrogens (tertiary/aromatic N) is 1. The third-order valence-electron chi connectivity index (χ3n) is 1.94. The van der Waals surface area contributed by atoms with E-state index < -0.39 is 0 Å². The van der Waals surface area contributed by atoms with Crippen molar-refractivity contribution in [3.8, 4) is 0 Å². The number of halogens is 1. The monoisotopic (exact) mass is 288 g/mol. The molecular formula is C10H13BrN2OS. The second-order valence-corrected chi connectivity index (χ2v) is 5.21. The van der Waals surface area contributed by atoms with E-state index in [2.05, 4.69) is 33.2 Å². The molecule has 0 spiro atoms. The van der Waals surface area contributed by atoms with Crippen LogP contribution in [0.15, 0.2) is 22.9 Å². The number of carbonyl (C=O) groups is 1. The van der Waals surface area contributed by atoms with Gasteiger partial charge in [0.1, 0.15) is 4.60 Å². The molecule has 0 aliphatic heterocycles. The maximum absolute atomic E-state index is 11.6. The van der Waals surface area contributed by atoms with Crippen molar-refractivity contribution >= 4 is 33.6 Å². The Bertz CT molecular complexity index is 346. The largest absolute Gasteiger partial charge is 0.351 e. The molecule has 0 saturated carbocycles. The van der Waals surface area contributed by atoms with E-state index in [0.29, 0.717) is 22.0 Å². The SMILES string of the molecule is CSC(C)CNC(=O)c1ccnc(Br)c1. The first-order chi connectivity index (χ1) is 7.13. The van der Waals surface area contributed by atoms with Gasteiger partial charge in [0.05, 0.1) is 0 Å². The standard InChI is InChI=1S/C10H13BrN2OS/c1-7(15-2)6-13-10(14)8-3-4-12-9(11)5-8/h3-5,7H,6H2,1-2H3,(H,13,14). The molecule has 1 atom stereocenters. The molecule has 0 saturated heterocycles. The highest BCUT2D eigenvalue weighted by molar-refractivity contribution is 9.10. The van der Waals surface area contributed by atoms with Gasteiger partial charge < -0.3 is 5.32 Å². The van der Waals surface area contributed by atoms with Crippen molar-refractivity contribution in [2.45, 2.75) is 12.2 Å². The summed E-state index contributed by atoms with van der Waals surface area (Å²) in [4.78, 5) is 15.6. The first-order valence-corrected chi connectivity index (χ1v) is 6.64. The van der Waals surface area contributed by atoms with Crippen LogP contribution in [-0.2, 0) is 0 Å². The van der Waals surface area contributed by atoms with Gasteiger partial charge in [0, 0.05) is 23.6 Å². The number of aromatic nitrogens is 1. The van der Waals surface area contributed by atoms with Crippen LogP contribution in [0, 0.1) is 0 Å². The summed E-state index contributed by atoms with van der Waals surface area (Å²) in [5.41, 5.74) is 0.630. The number of thioether (sulfide) groups is 1. The molecule has 5 heteroatoms. The van der Waals surface area contributed by atoms with Crippen molar-refractivity contribution in [2.75, 3.05) is 12.8 Å². The molecule has 0 aliphatic rings. The summed E-state index contributed by atoms with van der Waals surface area (Å²) in [5, 5.41) is 3.30. The molecule has 1 amide bonds. The Labute approximate surface area is 102 Å². The number of hydrogen-bond acceptors (Lipinski definition) is 3. The molecule has 1 aromatic heterocycles. The summed E-state index contributed by atoms with van der Waals surface area (Å²) in [6, 6.07) is 3.41. The summed E-state index contributed by atoms with van der Waals surface area (Å²) in [7, 11) is 0. The van der Waals surface area contributed by atoms with Crippen LogP contribution in [0.5, 0.6) is 0 Å². The molecule has 1 N–H and O–H groups in total. The Hall–Kier alpha value is -0.550. The van der Waals surface area contributed by atoms with Crippen LogP contribution in [-0.4, -0.2) is 28.9 Å². The van der Waals surface area contributed by atoms with E-state index in [1.165, 1.54) is 0 Å². The highest BCUT2D eigenvalue weighted by Gasteiger charge is 2.07. The number of nitrogens with one attached hydrogen (secondary N) is 1. The minimum Gasteiger partial charge on any atom is -0.351 e. The van der Waals surface area contributed by atoms with Gasteiger partial charge >= 0.3 is 0 Å². The lowest BCUT2D eigenvalue weighted by Gasteiger charge is -2.09. The fraction of sp³-hybridized carbons (Fsp3) is 0.400. The maximum atomic E-state index is 11.6. The van der Waals surface area contributed by atoms with E-state index >= 15 is 0 Å². The first-order valence-electron chi connectivity index (χ1n) is 4.56. The Morgan fingerprint density at radius 2 is 2.47 bits per heavy atom. The molecule has 1 unspecified atom stereocenters. The van der Waals surface area contributed by atoms with E-state index in [1.807, 2.05) is 6.26 Å². The lowest BCUT2D eigenvalue weighted by Crippen LogP contribution is -2.29. The summed E-state index contributed by atoms with van der Waals surface area (Å²) in [6.07, 6.45) is 3.64. The zero-order valence-electron chi connectivity index (χ0n) is 8.66. The maximum Gasteiger partial charge on any atom is 0.251 e. The molecule has 1 heterocycles. The van der Waals surface area contributed by atoms with Crippen LogP contribution in [0.4, 0.5) is 0 Å². The number of pyridine rings is 1. The second kappa shape index (κ2) is 6.12. The van der Waals surface area contributed by atoms with E-state index in [1.54, 1.807) is 30.1 Å². The summed E-state index contributed by atoms with van der Waals surface area (Å²) >= 11 is 4.96. The van der Waals surface area contributed by atoms with Gasteiger partial charge in [0.15, 0.2) is 0 Å². The van der Waals surface area contributed by atoms with Gasteiger partial charge in [0.25, 0.3) is 5.91 Å². The van der Waals surface area contributed by atoms with Crippen LogP contribution in [0.3, 0.4) is 0 Å². The quantitative estimate of drug-likeness (QED) is 0.865. The molecule has 0 aromatic carbocycles. The van der Waals surface area contributed by atoms with Crippen LogP contribution in [0.1, 0.15) is 17.3 Å². The Kier molecular flexibility index (Phi) is 5.11. The highest BCUT2D eigenvalue weighted by Crippen LogP contribution is 2.08. The Morgan fingerprint density at radius 1 is 1.73 bits per heavy atom. The molecule has 0 radical (unpaired) electrons. The van der Waals surface area contributed by atoms with Gasteiger partial charge in [-0.2, -0.15) is 11.8 Å². The number of hydrogen-bond donors (Lipinski definition) is 1. The minimum absolute atomic E-state index is 0.0565. The molecule has 82 valence electrons. The van der Waals surface area contributed by atoms with Gasteiger partial charge in [-0.3, -0.25) is 4.79 Å². The van der Waals surface area contributed by atoms with Crippen molar-refractivity contribution in [1.82, 2.24) is 10.3 Å². The Balaban J connectivity index is 2.54. The van der Waals surface area contributed by atoms with Crippen molar-refractivity contribution in [3.05, 3.63) is 28.5 Å². The van der Waals surface area contributed by atoms with Crippen LogP contribution < -0.4 is 5.32 Å². The van der Waals surface area contributed by atoms with Crippen molar-refractivity contribution in [2.24, 2.45) is 0 Å². The normalized spacial score (nSPS) is 12.2. The summed E-state index contributed by atoms with van der Waals surface area (Å²) < 4.78 is 0.674. The van der Waals surface area contributed by atoms with Gasteiger partial charge in [0.2, 0.25) is 0 Å². The van der Waals surface area contributed by atoms with Crippen LogP contribution in [0.25, 0.3) is 0 Å². The predicted molar refractivity (Wildman–Crippen MR) is 67.2 cm³/mol. The third kappa shape index (κ3) is 4.22. The van der Waals surface area contributed by atoms with Crippen molar-refractivity contribution in [3.63, 3.8) is 0 Å². The van der Waals surface area contributed by atoms with Crippen LogP contribution in [0.2, 0.25) is 0 Å². The number of rotatable bonds is 4. The molecular weight excluding hydrogens is 276 g/mol. The molecule has 0 aliphatic carbocycles. The highest BCUT2D eigenvalue weighted by atomic mass is 79.9. The minimum atomic E-state index is -0.0565. The average molecular weight is 289 g/mol. The fourth-order valence-electron chi connectivity index (χ4n) is 0.966. The lowest BCUT2D eigenvalue weighted by atomic mass is 10.2. The first kappa shape index (κ1) is 12.5. The zero-order valence-corrected chi connectivity index (χ0v) is 11.1. The van der Waals surface area contributed by atoms with E-state index in [0.717, 1.165) is 0 Å². The molecule has 1 rings (SSSR count). The molecule has 15 heavy (non-hydrogen) atoms. The van der Waals surface area contributed by atoms with Gasteiger partial charge in [-0.25, -0.2) is 4.98 Å². The van der Waals surface area contributed by atoms with Gasteiger partial charge in [-0.1, -0.05) is 6.92 Å². The lowest BCUT2D eigenvalue weighted by molar-refractivity contribution is 0.0954. The molecule has 3 nitrogen and oxygen atoms in total. The predicted octanol–water partition coefficient (Wildman–Crippen LogP) is 2.33. The van der Waals surface area contributed by atoms with E-state index in [-0.39, 0.29) is 5.91 Å². The smallest absolute Gasteiger partial charge is 0.251 e.